The molecule has 0 fully saturated rings. The van der Waals surface area contributed by atoms with E-state index in [0.29, 0.717) is 19.0 Å². The molecule has 0 saturated carbocycles. The van der Waals surface area contributed by atoms with E-state index in [1.54, 1.807) is 19.2 Å². The molecule has 0 aliphatic rings. The normalized spacial score (nSPS) is 11.0. The van der Waals surface area contributed by atoms with Gasteiger partial charge >= 0.3 is 0 Å². The largest absolute Gasteiger partial charge is 0.356 e. The molecule has 0 unspecified atom stereocenters. The number of hydrogen-bond acceptors (Lipinski definition) is 2. The van der Waals surface area contributed by atoms with Crippen LogP contribution in [0.1, 0.15) is 17.0 Å². The molecule has 3 aromatic rings. The lowest BCUT2D eigenvalue weighted by atomic mass is 10.1. The molecule has 0 aliphatic carbocycles. The Bertz CT molecular complexity index is 862. The number of benzene rings is 2. The first-order valence-electron chi connectivity index (χ1n) is 8.97. The van der Waals surface area contributed by atoms with Crippen LogP contribution in [0.4, 0.5) is 4.39 Å². The molecular formula is C21H25FIN5. The second-order valence-electron chi connectivity index (χ2n) is 6.19. The van der Waals surface area contributed by atoms with Crippen LogP contribution in [0.2, 0.25) is 0 Å². The summed E-state index contributed by atoms with van der Waals surface area (Å²) in [4.78, 5) is 8.68. The van der Waals surface area contributed by atoms with Crippen molar-refractivity contribution in [1.29, 1.82) is 0 Å². The van der Waals surface area contributed by atoms with Crippen LogP contribution in [0, 0.1) is 5.82 Å². The summed E-state index contributed by atoms with van der Waals surface area (Å²) >= 11 is 0. The van der Waals surface area contributed by atoms with Gasteiger partial charge in [-0.25, -0.2) is 9.37 Å². The lowest BCUT2D eigenvalue weighted by molar-refractivity contribution is 0.626. The minimum atomic E-state index is -0.213. The van der Waals surface area contributed by atoms with Crippen LogP contribution in [0.15, 0.2) is 72.0 Å². The average Bonchev–Trinajstić information content (AvgIpc) is 3.14. The second-order valence-corrected chi connectivity index (χ2v) is 6.19. The van der Waals surface area contributed by atoms with Gasteiger partial charge in [-0.2, -0.15) is 0 Å². The van der Waals surface area contributed by atoms with Crippen LogP contribution < -0.4 is 10.6 Å². The highest BCUT2D eigenvalue weighted by atomic mass is 127. The fourth-order valence-electron chi connectivity index (χ4n) is 2.79. The topological polar surface area (TPSA) is 54.2 Å². The molecule has 0 amide bonds. The molecule has 7 heteroatoms. The average molecular weight is 493 g/mol. The van der Waals surface area contributed by atoms with Crippen LogP contribution in [-0.4, -0.2) is 29.1 Å². The van der Waals surface area contributed by atoms with Crippen LogP contribution in [0.25, 0.3) is 0 Å². The van der Waals surface area contributed by atoms with Crippen molar-refractivity contribution in [3.63, 3.8) is 0 Å². The Hall–Kier alpha value is -2.42. The SMILES string of the molecule is CN=C(NCCc1ccc(F)cc1)NCc1nccn1Cc1ccccc1.I. The van der Waals surface area contributed by atoms with Crippen molar-refractivity contribution in [3.8, 4) is 0 Å². The highest BCUT2D eigenvalue weighted by Gasteiger charge is 2.05. The molecule has 1 heterocycles. The Morgan fingerprint density at radius 2 is 1.79 bits per heavy atom. The van der Waals surface area contributed by atoms with Crippen molar-refractivity contribution in [2.45, 2.75) is 19.5 Å². The summed E-state index contributed by atoms with van der Waals surface area (Å²) in [7, 11) is 1.74. The van der Waals surface area contributed by atoms with Gasteiger partial charge in [-0.15, -0.1) is 24.0 Å². The zero-order valence-corrected chi connectivity index (χ0v) is 18.1. The molecule has 0 aliphatic heterocycles. The molecule has 2 aromatic carbocycles. The van der Waals surface area contributed by atoms with Gasteiger partial charge in [-0.3, -0.25) is 4.99 Å². The number of hydrogen-bond donors (Lipinski definition) is 2. The number of imidazole rings is 1. The first-order chi connectivity index (χ1) is 13.2. The van der Waals surface area contributed by atoms with Crippen LogP contribution in [-0.2, 0) is 19.5 Å². The number of guanidine groups is 1. The number of halogens is 2. The monoisotopic (exact) mass is 493 g/mol. The van der Waals surface area contributed by atoms with Gasteiger partial charge in [0.1, 0.15) is 11.6 Å². The van der Waals surface area contributed by atoms with Gasteiger partial charge in [0, 0.05) is 32.5 Å². The molecule has 0 bridgehead atoms. The van der Waals surface area contributed by atoms with Crippen molar-refractivity contribution in [3.05, 3.63) is 89.8 Å². The zero-order chi connectivity index (χ0) is 18.9. The Labute approximate surface area is 182 Å². The quantitative estimate of drug-likeness (QED) is 0.301. The van der Waals surface area contributed by atoms with Gasteiger partial charge in [0.2, 0.25) is 0 Å². The molecule has 0 saturated heterocycles. The van der Waals surface area contributed by atoms with Gasteiger partial charge in [-0.1, -0.05) is 42.5 Å². The zero-order valence-electron chi connectivity index (χ0n) is 15.8. The third-order valence-corrected chi connectivity index (χ3v) is 4.25. The smallest absolute Gasteiger partial charge is 0.191 e. The molecule has 28 heavy (non-hydrogen) atoms. The first kappa shape index (κ1) is 21.9. The van der Waals surface area contributed by atoms with E-state index < -0.39 is 0 Å². The molecule has 0 spiro atoms. The molecule has 148 valence electrons. The van der Waals surface area contributed by atoms with E-state index in [0.717, 1.165) is 24.4 Å². The fourth-order valence-corrected chi connectivity index (χ4v) is 2.79. The Morgan fingerprint density at radius 1 is 1.04 bits per heavy atom. The number of nitrogens with one attached hydrogen (secondary N) is 2. The Morgan fingerprint density at radius 3 is 2.50 bits per heavy atom. The van der Waals surface area contributed by atoms with Gasteiger partial charge < -0.3 is 15.2 Å². The van der Waals surface area contributed by atoms with Crippen molar-refractivity contribution >= 4 is 29.9 Å². The number of aromatic nitrogens is 2. The third-order valence-electron chi connectivity index (χ3n) is 4.25. The summed E-state index contributed by atoms with van der Waals surface area (Å²) in [5, 5.41) is 6.56. The van der Waals surface area contributed by atoms with Crippen molar-refractivity contribution in [1.82, 2.24) is 20.2 Å². The number of nitrogens with zero attached hydrogens (tertiary/aromatic N) is 3. The maximum absolute atomic E-state index is 12.9. The van der Waals surface area contributed by atoms with E-state index in [-0.39, 0.29) is 29.8 Å². The third kappa shape index (κ3) is 6.63. The van der Waals surface area contributed by atoms with E-state index in [2.05, 4.69) is 37.3 Å². The maximum Gasteiger partial charge on any atom is 0.191 e. The molecule has 5 nitrogen and oxygen atoms in total. The molecular weight excluding hydrogens is 468 g/mol. The predicted octanol–water partition coefficient (Wildman–Crippen LogP) is 3.60. The van der Waals surface area contributed by atoms with E-state index >= 15 is 0 Å². The number of aliphatic imine (C=N–C) groups is 1. The minimum absolute atomic E-state index is 0. The summed E-state index contributed by atoms with van der Waals surface area (Å²) in [5.74, 6) is 1.45. The van der Waals surface area contributed by atoms with Crippen molar-refractivity contribution < 1.29 is 4.39 Å². The lowest BCUT2D eigenvalue weighted by Crippen LogP contribution is -2.38. The second kappa shape index (κ2) is 11.4. The van der Waals surface area contributed by atoms with E-state index in [4.69, 9.17) is 0 Å². The van der Waals surface area contributed by atoms with E-state index in [1.807, 2.05) is 30.6 Å². The van der Waals surface area contributed by atoms with Crippen LogP contribution >= 0.6 is 24.0 Å². The summed E-state index contributed by atoms with van der Waals surface area (Å²) in [5.41, 5.74) is 2.32. The Balaban J connectivity index is 0.00000280. The van der Waals surface area contributed by atoms with Gasteiger partial charge in [0.15, 0.2) is 5.96 Å². The molecule has 0 atom stereocenters. The molecule has 0 radical (unpaired) electrons. The predicted molar refractivity (Wildman–Crippen MR) is 121 cm³/mol. The van der Waals surface area contributed by atoms with Gasteiger partial charge in [-0.05, 0) is 29.7 Å². The summed E-state index contributed by atoms with van der Waals surface area (Å²) in [6.07, 6.45) is 4.59. The maximum atomic E-state index is 12.9. The lowest BCUT2D eigenvalue weighted by Gasteiger charge is -2.13. The van der Waals surface area contributed by atoms with Gasteiger partial charge in [0.05, 0.1) is 6.54 Å². The summed E-state index contributed by atoms with van der Waals surface area (Å²) in [6.45, 7) is 2.08. The van der Waals surface area contributed by atoms with Crippen LogP contribution in [0.3, 0.4) is 0 Å². The Kier molecular flexibility index (Phi) is 8.93. The highest BCUT2D eigenvalue weighted by molar-refractivity contribution is 14.0. The van der Waals surface area contributed by atoms with Crippen LogP contribution in [0.5, 0.6) is 0 Å². The minimum Gasteiger partial charge on any atom is -0.356 e. The standard InChI is InChI=1S/C21H24FN5.HI/c1-23-21(25-12-11-17-7-9-19(22)10-8-17)26-15-20-24-13-14-27(20)16-18-5-3-2-4-6-18;/h2-10,13-14H,11-12,15-16H2,1H3,(H2,23,25,26);1H. The van der Waals surface area contributed by atoms with Crippen molar-refractivity contribution in [2.24, 2.45) is 4.99 Å². The van der Waals surface area contributed by atoms with Gasteiger partial charge in [0.25, 0.3) is 0 Å². The van der Waals surface area contributed by atoms with E-state index in [9.17, 15) is 4.39 Å². The molecule has 3 rings (SSSR count). The number of rotatable bonds is 7. The highest BCUT2D eigenvalue weighted by Crippen LogP contribution is 2.05. The molecule has 2 N–H and O–H groups in total. The summed E-state index contributed by atoms with van der Waals surface area (Å²) in [6, 6.07) is 16.9. The summed E-state index contributed by atoms with van der Waals surface area (Å²) < 4.78 is 15.1. The fraction of sp³-hybridized carbons (Fsp3) is 0.238. The van der Waals surface area contributed by atoms with Crippen molar-refractivity contribution in [2.75, 3.05) is 13.6 Å². The van der Waals surface area contributed by atoms with E-state index in [1.165, 1.54) is 17.7 Å². The first-order valence-corrected chi connectivity index (χ1v) is 8.97. The molecule has 1 aromatic heterocycles.